The van der Waals surface area contributed by atoms with Crippen LogP contribution in [0.1, 0.15) is 12.8 Å². The molecule has 70 valence electrons. The second-order valence-electron chi connectivity index (χ2n) is 3.17. The van der Waals surface area contributed by atoms with Crippen molar-refractivity contribution in [3.63, 3.8) is 0 Å². The monoisotopic (exact) mass is 191 g/mol. The highest BCUT2D eigenvalue weighted by Crippen LogP contribution is 2.24. The first kappa shape index (κ1) is 8.62. The van der Waals surface area contributed by atoms with Gasteiger partial charge in [0.1, 0.15) is 0 Å². The van der Waals surface area contributed by atoms with Gasteiger partial charge in [-0.1, -0.05) is 0 Å². The number of hydrogen-bond acceptors (Lipinski definition) is 3. The van der Waals surface area contributed by atoms with E-state index in [1.54, 1.807) is 4.31 Å². The van der Waals surface area contributed by atoms with E-state index in [1.807, 2.05) is 7.05 Å². The van der Waals surface area contributed by atoms with Gasteiger partial charge in [0, 0.05) is 13.7 Å². The van der Waals surface area contributed by atoms with Gasteiger partial charge in [-0.3, -0.25) is 4.18 Å². The van der Waals surface area contributed by atoms with E-state index in [-0.39, 0.29) is 12.1 Å². The van der Waals surface area contributed by atoms with Crippen LogP contribution in [0.4, 0.5) is 0 Å². The Morgan fingerprint density at radius 1 is 1.58 bits per heavy atom. The van der Waals surface area contributed by atoms with E-state index in [0.29, 0.717) is 6.61 Å². The summed E-state index contributed by atoms with van der Waals surface area (Å²) in [6.07, 6.45) is 2.40. The molecule has 0 N–H and O–H groups in total. The maximum atomic E-state index is 11.1. The van der Waals surface area contributed by atoms with Gasteiger partial charge in [-0.2, -0.15) is 4.31 Å². The van der Waals surface area contributed by atoms with Crippen LogP contribution in [-0.2, 0) is 20.2 Å². The first-order valence-corrected chi connectivity index (χ1v) is 5.22. The molecular formula is C7H13NO3S. The van der Waals surface area contributed by atoms with Gasteiger partial charge >= 0.3 is 0 Å². The fraction of sp³-hybridized carbons (Fsp3) is 1.00. The van der Waals surface area contributed by atoms with Crippen LogP contribution in [0.2, 0.25) is 0 Å². The van der Waals surface area contributed by atoms with Gasteiger partial charge in [0.25, 0.3) is 0 Å². The Bertz CT molecular complexity index is 193. The Balaban J connectivity index is 1.99. The van der Waals surface area contributed by atoms with Crippen LogP contribution in [0.5, 0.6) is 0 Å². The number of hydrogen-bond donors (Lipinski definition) is 0. The van der Waals surface area contributed by atoms with Gasteiger partial charge in [-0.25, -0.2) is 4.21 Å². The molecule has 3 unspecified atom stereocenters. The summed E-state index contributed by atoms with van der Waals surface area (Å²) in [5, 5.41) is 0. The molecule has 0 saturated carbocycles. The Hall–Kier alpha value is 0.0300. The molecule has 0 aromatic rings. The Kier molecular flexibility index (Phi) is 2.45. The molecule has 0 aromatic carbocycles. The third kappa shape index (κ3) is 1.42. The lowest BCUT2D eigenvalue weighted by Gasteiger charge is -2.20. The van der Waals surface area contributed by atoms with Crippen molar-refractivity contribution in [3.8, 4) is 0 Å². The summed E-state index contributed by atoms with van der Waals surface area (Å²) in [5.41, 5.74) is 0. The standard InChI is InChI=1S/C7H13NO3S/c1-8-6(5-11-12(8)9)7-3-2-4-10-7/h6-7H,2-5H2,1H3. The molecule has 4 nitrogen and oxygen atoms in total. The quantitative estimate of drug-likeness (QED) is 0.589. The largest absolute Gasteiger partial charge is 0.376 e. The minimum Gasteiger partial charge on any atom is -0.376 e. The summed E-state index contributed by atoms with van der Waals surface area (Å²) in [6, 6.07) is 0.188. The van der Waals surface area contributed by atoms with Gasteiger partial charge in [0.2, 0.25) is 11.3 Å². The fourth-order valence-corrected chi connectivity index (χ4v) is 2.51. The number of ether oxygens (including phenoxy) is 1. The molecule has 0 aliphatic carbocycles. The average Bonchev–Trinajstić information content (AvgIpc) is 2.64. The van der Waals surface area contributed by atoms with E-state index < -0.39 is 11.3 Å². The van der Waals surface area contributed by atoms with Crippen molar-refractivity contribution < 1.29 is 13.1 Å². The fourth-order valence-electron chi connectivity index (χ4n) is 1.67. The molecule has 12 heavy (non-hydrogen) atoms. The lowest BCUT2D eigenvalue weighted by Crippen LogP contribution is -2.37. The van der Waals surface area contributed by atoms with Crippen LogP contribution in [0.25, 0.3) is 0 Å². The zero-order valence-electron chi connectivity index (χ0n) is 7.06. The van der Waals surface area contributed by atoms with Crippen LogP contribution in [0, 0.1) is 0 Å². The molecule has 2 aliphatic rings. The third-order valence-corrected chi connectivity index (χ3v) is 3.51. The van der Waals surface area contributed by atoms with Crippen LogP contribution in [-0.4, -0.2) is 40.9 Å². The van der Waals surface area contributed by atoms with Gasteiger partial charge in [-0.05, 0) is 12.8 Å². The van der Waals surface area contributed by atoms with E-state index >= 15 is 0 Å². The molecule has 0 amide bonds. The van der Waals surface area contributed by atoms with Crippen molar-refractivity contribution in [2.24, 2.45) is 0 Å². The molecule has 2 fully saturated rings. The minimum atomic E-state index is -1.24. The predicted molar refractivity (Wildman–Crippen MR) is 44.6 cm³/mol. The summed E-state index contributed by atoms with van der Waals surface area (Å²) < 4.78 is 23.4. The summed E-state index contributed by atoms with van der Waals surface area (Å²) in [7, 11) is 1.81. The zero-order valence-corrected chi connectivity index (χ0v) is 7.88. The molecule has 0 aromatic heterocycles. The van der Waals surface area contributed by atoms with Gasteiger partial charge < -0.3 is 4.74 Å². The van der Waals surface area contributed by atoms with Crippen molar-refractivity contribution in [2.45, 2.75) is 25.0 Å². The van der Waals surface area contributed by atoms with Crippen molar-refractivity contribution in [1.29, 1.82) is 0 Å². The third-order valence-electron chi connectivity index (χ3n) is 2.44. The number of likely N-dealkylation sites (N-methyl/N-ethyl adjacent to an activating group) is 1. The lowest BCUT2D eigenvalue weighted by molar-refractivity contribution is 0.0583. The Labute approximate surface area is 74.6 Å². The van der Waals surface area contributed by atoms with Crippen molar-refractivity contribution in [3.05, 3.63) is 0 Å². The molecule has 0 bridgehead atoms. The molecular weight excluding hydrogens is 178 g/mol. The predicted octanol–water partition coefficient (Wildman–Crippen LogP) is 0.0747. The highest BCUT2D eigenvalue weighted by atomic mass is 32.2. The van der Waals surface area contributed by atoms with Gasteiger partial charge in [-0.15, -0.1) is 0 Å². The average molecular weight is 191 g/mol. The Morgan fingerprint density at radius 2 is 2.42 bits per heavy atom. The van der Waals surface area contributed by atoms with Crippen molar-refractivity contribution >= 4 is 11.3 Å². The number of rotatable bonds is 1. The minimum absolute atomic E-state index is 0.188. The molecule has 2 saturated heterocycles. The van der Waals surface area contributed by atoms with E-state index in [9.17, 15) is 4.21 Å². The lowest BCUT2D eigenvalue weighted by atomic mass is 10.1. The van der Waals surface area contributed by atoms with Crippen molar-refractivity contribution in [1.82, 2.24) is 4.31 Å². The van der Waals surface area contributed by atoms with E-state index in [4.69, 9.17) is 8.92 Å². The SMILES string of the molecule is CN1C(C2CCCO2)COS1=O. The molecule has 2 rings (SSSR count). The first-order valence-electron chi connectivity index (χ1n) is 4.18. The number of nitrogens with zero attached hydrogens (tertiary/aromatic N) is 1. The maximum Gasteiger partial charge on any atom is 0.237 e. The molecule has 0 radical (unpaired) electrons. The second kappa shape index (κ2) is 3.41. The van der Waals surface area contributed by atoms with Crippen LogP contribution >= 0.6 is 0 Å². The highest BCUT2D eigenvalue weighted by Gasteiger charge is 2.37. The van der Waals surface area contributed by atoms with E-state index in [1.165, 1.54) is 0 Å². The van der Waals surface area contributed by atoms with Crippen LogP contribution < -0.4 is 0 Å². The summed E-state index contributed by atoms with van der Waals surface area (Å²) in [5.74, 6) is 0. The molecule has 2 heterocycles. The normalized spacial score (nSPS) is 43.9. The van der Waals surface area contributed by atoms with Gasteiger partial charge in [0.15, 0.2) is 0 Å². The summed E-state index contributed by atoms with van der Waals surface area (Å²) >= 11 is -1.24. The Morgan fingerprint density at radius 3 is 2.92 bits per heavy atom. The van der Waals surface area contributed by atoms with Crippen LogP contribution in [0.3, 0.4) is 0 Å². The molecule has 0 spiro atoms. The summed E-state index contributed by atoms with van der Waals surface area (Å²) in [6.45, 7) is 1.37. The van der Waals surface area contributed by atoms with Gasteiger partial charge in [0.05, 0.1) is 18.8 Å². The maximum absolute atomic E-state index is 11.1. The zero-order chi connectivity index (χ0) is 8.55. The molecule has 5 heteroatoms. The smallest absolute Gasteiger partial charge is 0.237 e. The van der Waals surface area contributed by atoms with Crippen molar-refractivity contribution in [2.75, 3.05) is 20.3 Å². The second-order valence-corrected chi connectivity index (χ2v) is 4.41. The first-order chi connectivity index (χ1) is 5.79. The highest BCUT2D eigenvalue weighted by molar-refractivity contribution is 7.77. The van der Waals surface area contributed by atoms with E-state index in [2.05, 4.69) is 0 Å². The van der Waals surface area contributed by atoms with Crippen LogP contribution in [0.15, 0.2) is 0 Å². The topological polar surface area (TPSA) is 38.8 Å². The molecule has 3 atom stereocenters. The summed E-state index contributed by atoms with van der Waals surface area (Å²) in [4.78, 5) is 0. The van der Waals surface area contributed by atoms with E-state index in [0.717, 1.165) is 19.4 Å². The molecule has 2 aliphatic heterocycles.